The maximum Gasteiger partial charge on any atom is 0.286 e. The van der Waals surface area contributed by atoms with Crippen LogP contribution in [0.1, 0.15) is 33.8 Å². The molecule has 5 aromatic rings. The van der Waals surface area contributed by atoms with Crippen molar-refractivity contribution < 1.29 is 41.7 Å². The zero-order chi connectivity index (χ0) is 39.0. The maximum atomic E-state index is 13.6. The van der Waals surface area contributed by atoms with Gasteiger partial charge in [0.25, 0.3) is 11.8 Å². The average molecular weight is 769 g/mol. The van der Waals surface area contributed by atoms with E-state index in [-0.39, 0.29) is 60.2 Å². The number of carbonyl (C=O) groups excluding carboxylic acids is 2. The van der Waals surface area contributed by atoms with Crippen molar-refractivity contribution in [3.8, 4) is 5.75 Å². The lowest BCUT2D eigenvalue weighted by Crippen LogP contribution is -2.38. The third kappa shape index (κ3) is 9.21. The third-order valence-corrected chi connectivity index (χ3v) is 10.9. The van der Waals surface area contributed by atoms with Gasteiger partial charge in [0, 0.05) is 43.1 Å². The zero-order valence-corrected chi connectivity index (χ0v) is 30.7. The second-order valence-corrected chi connectivity index (χ2v) is 14.5. The number of aliphatic hydroxyl groups excluding tert-OH is 1. The van der Waals surface area contributed by atoms with E-state index in [4.69, 9.17) is 24.4 Å². The van der Waals surface area contributed by atoms with Crippen LogP contribution < -0.4 is 26.5 Å². The van der Waals surface area contributed by atoms with Gasteiger partial charge in [-0.1, -0.05) is 36.4 Å². The zero-order valence-electron chi connectivity index (χ0n) is 29.8. The minimum atomic E-state index is -4.01. The molecule has 6 rings (SSSR count). The van der Waals surface area contributed by atoms with Crippen LogP contribution in [0.3, 0.4) is 0 Å². The second-order valence-electron chi connectivity index (χ2n) is 12.5. The van der Waals surface area contributed by atoms with Crippen molar-refractivity contribution in [3.63, 3.8) is 0 Å². The molecule has 1 aliphatic heterocycles. The fraction of sp³-hybridized carbons (Fsp3) is 0.225. The van der Waals surface area contributed by atoms with E-state index >= 15 is 0 Å². The van der Waals surface area contributed by atoms with Crippen LogP contribution >= 0.6 is 0 Å². The summed E-state index contributed by atoms with van der Waals surface area (Å²) >= 11 is 0. The number of sulfonamides is 1. The number of carbonyl (C=O) groups is 2. The minimum Gasteiger partial charge on any atom is -0.497 e. The number of nitrogens with two attached hydrogens (primary N) is 1. The van der Waals surface area contributed by atoms with E-state index < -0.39 is 34.7 Å². The standard InChI is InChI=1S/C40H40N4O10S/c1-51-29-14-16-30(17-15-29)55(49,50)44(18-20-45)19-21-52-37-23-28(32-25-53-35-9-5-2-6-31(35)38(32)46)22-36(54-37)40(48)42-24-26-10-12-27(13-11-26)39(47)43-34-8-4-3-7-33(34)41/h2-17,22,25,28,37,45H,18-21,23-24,41H2,1H3,(H,42,48)(H,43,47). The SMILES string of the molecule is COc1ccc(S(=O)(=O)N(CCO)CCOC2CC(c3coc4ccccc4c3=O)C=C(C(=O)NCc3ccc(C(=O)Nc4ccccc4N)cc3)O2)cc1. The molecule has 0 aliphatic carbocycles. The summed E-state index contributed by atoms with van der Waals surface area (Å²) in [6.07, 6.45) is 1.95. The van der Waals surface area contributed by atoms with Gasteiger partial charge in [0.1, 0.15) is 11.3 Å². The van der Waals surface area contributed by atoms with Crippen LogP contribution in [0.2, 0.25) is 0 Å². The highest BCUT2D eigenvalue weighted by molar-refractivity contribution is 7.89. The molecule has 2 unspecified atom stereocenters. The molecule has 15 heteroatoms. The number of hydrogen-bond donors (Lipinski definition) is 4. The molecular weight excluding hydrogens is 729 g/mol. The Bertz CT molecular complexity index is 2350. The Hall–Kier alpha value is -6.00. The van der Waals surface area contributed by atoms with Crippen molar-refractivity contribution >= 4 is 44.2 Å². The number of amides is 2. The van der Waals surface area contributed by atoms with Gasteiger partial charge in [-0.05, 0) is 72.3 Å². The molecular formula is C40H40N4O10S. The van der Waals surface area contributed by atoms with Gasteiger partial charge in [0.05, 0.1) is 48.2 Å². The molecule has 0 fully saturated rings. The van der Waals surface area contributed by atoms with Crippen molar-refractivity contribution in [3.05, 3.63) is 142 Å². The number of benzene rings is 4. The summed E-state index contributed by atoms with van der Waals surface area (Å²) in [6.45, 7) is -0.840. The summed E-state index contributed by atoms with van der Waals surface area (Å²) in [5.74, 6) is -1.21. The van der Waals surface area contributed by atoms with Crippen molar-refractivity contribution in [2.24, 2.45) is 0 Å². The molecule has 55 heavy (non-hydrogen) atoms. The van der Waals surface area contributed by atoms with Crippen molar-refractivity contribution in [1.82, 2.24) is 9.62 Å². The smallest absolute Gasteiger partial charge is 0.286 e. The van der Waals surface area contributed by atoms with E-state index in [1.54, 1.807) is 72.8 Å². The second kappa shape index (κ2) is 17.4. The molecule has 0 bridgehead atoms. The van der Waals surface area contributed by atoms with Crippen LogP contribution in [0.15, 0.2) is 129 Å². The summed E-state index contributed by atoms with van der Waals surface area (Å²) in [5, 5.41) is 15.6. The van der Waals surface area contributed by atoms with Crippen molar-refractivity contribution in [2.45, 2.75) is 30.1 Å². The van der Waals surface area contributed by atoms with Gasteiger partial charge < -0.3 is 40.1 Å². The van der Waals surface area contributed by atoms with Gasteiger partial charge in [-0.15, -0.1) is 0 Å². The van der Waals surface area contributed by atoms with Gasteiger partial charge in [-0.25, -0.2) is 8.42 Å². The number of methoxy groups -OCH3 is 1. The Balaban J connectivity index is 1.15. The highest BCUT2D eigenvalue weighted by Gasteiger charge is 2.32. The van der Waals surface area contributed by atoms with Crippen LogP contribution in [0.25, 0.3) is 11.0 Å². The Morgan fingerprint density at radius 1 is 0.945 bits per heavy atom. The predicted octanol–water partition coefficient (Wildman–Crippen LogP) is 4.37. The van der Waals surface area contributed by atoms with Gasteiger partial charge in [-0.2, -0.15) is 4.31 Å². The molecule has 2 amide bonds. The number of ether oxygens (including phenoxy) is 3. The first-order valence-corrected chi connectivity index (χ1v) is 18.8. The monoisotopic (exact) mass is 768 g/mol. The van der Waals surface area contributed by atoms with Crippen LogP contribution in [0.5, 0.6) is 5.75 Å². The third-order valence-electron chi connectivity index (χ3n) is 8.96. The van der Waals surface area contributed by atoms with Crippen molar-refractivity contribution in [1.29, 1.82) is 0 Å². The van der Waals surface area contributed by atoms with Crippen LogP contribution in [-0.4, -0.2) is 69.3 Å². The minimum absolute atomic E-state index is 0.0101. The summed E-state index contributed by atoms with van der Waals surface area (Å²) in [5.41, 5.74) is 8.38. The first kappa shape index (κ1) is 38.7. The molecule has 5 N–H and O–H groups in total. The molecule has 1 aliphatic rings. The normalized spacial score (nSPS) is 15.6. The molecule has 4 aromatic carbocycles. The summed E-state index contributed by atoms with van der Waals surface area (Å²) in [4.78, 5) is 39.9. The Morgan fingerprint density at radius 3 is 2.40 bits per heavy atom. The van der Waals surface area contributed by atoms with E-state index in [1.165, 1.54) is 43.7 Å². The number of nitrogen functional groups attached to an aromatic ring is 1. The molecule has 2 heterocycles. The predicted molar refractivity (Wildman–Crippen MR) is 205 cm³/mol. The van der Waals surface area contributed by atoms with E-state index in [0.717, 1.165) is 4.31 Å². The lowest BCUT2D eigenvalue weighted by molar-refractivity contribution is -0.146. The first-order valence-electron chi connectivity index (χ1n) is 17.4. The Kier molecular flexibility index (Phi) is 12.3. The fourth-order valence-electron chi connectivity index (χ4n) is 5.98. The lowest BCUT2D eigenvalue weighted by Gasteiger charge is -2.30. The lowest BCUT2D eigenvalue weighted by atomic mass is 9.93. The number of nitrogens with one attached hydrogen (secondary N) is 2. The number of anilines is 2. The highest BCUT2D eigenvalue weighted by atomic mass is 32.2. The number of rotatable bonds is 15. The van der Waals surface area contributed by atoms with Gasteiger partial charge in [0.2, 0.25) is 16.3 Å². The van der Waals surface area contributed by atoms with Crippen LogP contribution in [-0.2, 0) is 30.8 Å². The summed E-state index contributed by atoms with van der Waals surface area (Å²) in [6, 6.07) is 26.3. The van der Waals surface area contributed by atoms with Gasteiger partial charge >= 0.3 is 0 Å². The molecule has 0 radical (unpaired) electrons. The Labute approximate surface area is 317 Å². The van der Waals surface area contributed by atoms with E-state index in [2.05, 4.69) is 10.6 Å². The Morgan fingerprint density at radius 2 is 1.67 bits per heavy atom. The number of allylic oxidation sites excluding steroid dienone is 1. The molecule has 0 saturated carbocycles. The van der Waals surface area contributed by atoms with Gasteiger partial charge in [-0.3, -0.25) is 14.4 Å². The number of para-hydroxylation sites is 3. The molecule has 0 saturated heterocycles. The first-order chi connectivity index (χ1) is 26.6. The van der Waals surface area contributed by atoms with E-state index in [0.29, 0.717) is 39.2 Å². The largest absolute Gasteiger partial charge is 0.497 e. The number of aliphatic hydroxyl groups is 1. The summed E-state index contributed by atoms with van der Waals surface area (Å²) in [7, 11) is -2.54. The maximum absolute atomic E-state index is 13.6. The van der Waals surface area contributed by atoms with E-state index in [9.17, 15) is 27.9 Å². The topological polar surface area (TPSA) is 200 Å². The number of fused-ring (bicyclic) bond motifs is 1. The molecule has 0 spiro atoms. The summed E-state index contributed by atoms with van der Waals surface area (Å²) < 4.78 is 50.8. The number of hydrogen-bond acceptors (Lipinski definition) is 11. The highest BCUT2D eigenvalue weighted by Crippen LogP contribution is 2.31. The fourth-order valence-corrected chi connectivity index (χ4v) is 7.39. The molecule has 286 valence electrons. The van der Waals surface area contributed by atoms with Gasteiger partial charge in [0.15, 0.2) is 11.2 Å². The number of nitrogens with zero attached hydrogens (tertiary/aromatic N) is 1. The van der Waals surface area contributed by atoms with Crippen molar-refractivity contribution in [2.75, 3.05) is 44.5 Å². The molecule has 2 atom stereocenters. The average Bonchev–Trinajstić information content (AvgIpc) is 3.20. The molecule has 1 aromatic heterocycles. The van der Waals surface area contributed by atoms with Crippen LogP contribution in [0, 0.1) is 0 Å². The quantitative estimate of drug-likeness (QED) is 0.110. The van der Waals surface area contributed by atoms with Crippen LogP contribution in [0.4, 0.5) is 11.4 Å². The van der Waals surface area contributed by atoms with E-state index in [1.807, 2.05) is 0 Å². The molecule has 14 nitrogen and oxygen atoms in total.